The predicted molar refractivity (Wildman–Crippen MR) is 47.1 cm³/mol. The molecule has 6 nitrogen and oxygen atoms in total. The summed E-state index contributed by atoms with van der Waals surface area (Å²) in [5.41, 5.74) is -1.90. The molecule has 6 heteroatoms. The molecule has 0 bridgehead atoms. The molecule has 2 unspecified atom stereocenters. The quantitative estimate of drug-likeness (QED) is 0.513. The van der Waals surface area contributed by atoms with Gasteiger partial charge in [0.1, 0.15) is 0 Å². The fourth-order valence-corrected chi connectivity index (χ4v) is 2.11. The Balaban J connectivity index is 3.15. The number of aliphatic carboxylic acids is 2. The summed E-state index contributed by atoms with van der Waals surface area (Å²) >= 11 is 0. The summed E-state index contributed by atoms with van der Waals surface area (Å²) in [6.07, 6.45) is 0.612. The van der Waals surface area contributed by atoms with E-state index in [0.717, 1.165) is 7.11 Å². The van der Waals surface area contributed by atoms with Gasteiger partial charge in [0, 0.05) is 0 Å². The van der Waals surface area contributed by atoms with E-state index < -0.39 is 29.2 Å². The second-order valence-corrected chi connectivity index (χ2v) is 3.55. The normalized spacial score (nSPS) is 29.8. The highest BCUT2D eigenvalue weighted by atomic mass is 16.5. The number of hydrogen-bond acceptors (Lipinski definition) is 4. The van der Waals surface area contributed by atoms with Crippen LogP contribution in [0.3, 0.4) is 0 Å². The summed E-state index contributed by atoms with van der Waals surface area (Å²) in [6.45, 7) is 0. The van der Waals surface area contributed by atoms with Crippen LogP contribution < -0.4 is 0 Å². The summed E-state index contributed by atoms with van der Waals surface area (Å²) in [5, 5.41) is 17.9. The van der Waals surface area contributed by atoms with Crippen LogP contribution in [0.2, 0.25) is 0 Å². The third-order valence-corrected chi connectivity index (χ3v) is 2.89. The molecule has 0 radical (unpaired) electrons. The van der Waals surface area contributed by atoms with Gasteiger partial charge in [0.15, 0.2) is 5.41 Å². The number of esters is 1. The Morgan fingerprint density at radius 1 is 1.33 bits per heavy atom. The SMILES string of the molecule is COC(=O)C1(C(=O)O)CCCC1C(=O)O. The Hall–Kier alpha value is -1.59. The second-order valence-electron chi connectivity index (χ2n) is 3.55. The lowest BCUT2D eigenvalue weighted by Crippen LogP contribution is -2.46. The first-order chi connectivity index (χ1) is 6.96. The smallest absolute Gasteiger partial charge is 0.324 e. The summed E-state index contributed by atoms with van der Waals surface area (Å²) in [7, 11) is 1.06. The maximum atomic E-state index is 11.4. The van der Waals surface area contributed by atoms with Gasteiger partial charge < -0.3 is 14.9 Å². The van der Waals surface area contributed by atoms with Crippen LogP contribution in [0.4, 0.5) is 0 Å². The van der Waals surface area contributed by atoms with Crippen molar-refractivity contribution in [2.24, 2.45) is 11.3 Å². The first-order valence-corrected chi connectivity index (χ1v) is 4.51. The van der Waals surface area contributed by atoms with E-state index in [1.165, 1.54) is 0 Å². The Kier molecular flexibility index (Phi) is 2.97. The molecule has 0 aromatic heterocycles. The van der Waals surface area contributed by atoms with Crippen molar-refractivity contribution in [3.8, 4) is 0 Å². The topological polar surface area (TPSA) is 101 Å². The minimum Gasteiger partial charge on any atom is -0.481 e. The van der Waals surface area contributed by atoms with Crippen LogP contribution in [-0.4, -0.2) is 35.2 Å². The minimum atomic E-state index is -1.90. The third kappa shape index (κ3) is 1.55. The summed E-state index contributed by atoms with van der Waals surface area (Å²) < 4.78 is 4.40. The van der Waals surface area contributed by atoms with Crippen molar-refractivity contribution in [1.29, 1.82) is 0 Å². The van der Waals surface area contributed by atoms with Crippen LogP contribution in [0.1, 0.15) is 19.3 Å². The van der Waals surface area contributed by atoms with E-state index in [9.17, 15) is 14.4 Å². The van der Waals surface area contributed by atoms with Crippen LogP contribution in [0.25, 0.3) is 0 Å². The number of carboxylic acids is 2. The standard InChI is InChI=1S/C9H12O6/c1-15-8(14)9(7(12)13)4-2-3-5(9)6(10)11/h5H,2-4H2,1H3,(H,10,11)(H,12,13). The Labute approximate surface area is 85.8 Å². The highest BCUT2D eigenvalue weighted by molar-refractivity contribution is 6.03. The van der Waals surface area contributed by atoms with Gasteiger partial charge >= 0.3 is 17.9 Å². The van der Waals surface area contributed by atoms with Gasteiger partial charge in [0.25, 0.3) is 0 Å². The highest BCUT2D eigenvalue weighted by Crippen LogP contribution is 2.44. The Bertz CT molecular complexity index is 310. The largest absolute Gasteiger partial charge is 0.481 e. The molecular weight excluding hydrogens is 204 g/mol. The van der Waals surface area contributed by atoms with Crippen molar-refractivity contribution in [2.75, 3.05) is 7.11 Å². The highest BCUT2D eigenvalue weighted by Gasteiger charge is 2.59. The molecule has 2 atom stereocenters. The van der Waals surface area contributed by atoms with E-state index in [0.29, 0.717) is 6.42 Å². The number of carbonyl (C=O) groups is 3. The lowest BCUT2D eigenvalue weighted by Gasteiger charge is -2.25. The number of methoxy groups -OCH3 is 1. The van der Waals surface area contributed by atoms with Crippen molar-refractivity contribution < 1.29 is 29.3 Å². The summed E-state index contributed by atoms with van der Waals surface area (Å²) in [4.78, 5) is 33.4. The molecule has 0 spiro atoms. The zero-order valence-electron chi connectivity index (χ0n) is 8.23. The lowest BCUT2D eigenvalue weighted by molar-refractivity contribution is -0.175. The van der Waals surface area contributed by atoms with E-state index in [4.69, 9.17) is 10.2 Å². The van der Waals surface area contributed by atoms with Gasteiger partial charge in [-0.15, -0.1) is 0 Å². The first kappa shape index (κ1) is 11.5. The van der Waals surface area contributed by atoms with Crippen molar-refractivity contribution in [3.63, 3.8) is 0 Å². The molecule has 0 amide bonds. The zero-order valence-corrected chi connectivity index (χ0v) is 8.23. The first-order valence-electron chi connectivity index (χ1n) is 4.51. The number of hydrogen-bond donors (Lipinski definition) is 2. The van der Waals surface area contributed by atoms with E-state index in [-0.39, 0.29) is 12.8 Å². The van der Waals surface area contributed by atoms with Crippen LogP contribution in [0.5, 0.6) is 0 Å². The van der Waals surface area contributed by atoms with Gasteiger partial charge in [-0.2, -0.15) is 0 Å². The average molecular weight is 216 g/mol. The average Bonchev–Trinajstić information content (AvgIpc) is 2.61. The molecular formula is C9H12O6. The molecule has 2 N–H and O–H groups in total. The van der Waals surface area contributed by atoms with Crippen LogP contribution in [0, 0.1) is 11.3 Å². The summed E-state index contributed by atoms with van der Waals surface area (Å²) in [5.74, 6) is -4.85. The number of ether oxygens (including phenoxy) is 1. The fraction of sp³-hybridized carbons (Fsp3) is 0.667. The van der Waals surface area contributed by atoms with Crippen LogP contribution in [-0.2, 0) is 19.1 Å². The second kappa shape index (κ2) is 3.88. The minimum absolute atomic E-state index is 0.0198. The fourth-order valence-electron chi connectivity index (χ4n) is 2.11. The number of rotatable bonds is 3. The number of carbonyl (C=O) groups excluding carboxylic acids is 1. The molecule has 0 aromatic rings. The monoisotopic (exact) mass is 216 g/mol. The van der Waals surface area contributed by atoms with E-state index in [1.807, 2.05) is 0 Å². The van der Waals surface area contributed by atoms with Gasteiger partial charge in [-0.1, -0.05) is 6.42 Å². The molecule has 1 aliphatic carbocycles. The molecule has 1 saturated carbocycles. The Morgan fingerprint density at radius 2 is 1.93 bits per heavy atom. The maximum absolute atomic E-state index is 11.4. The Morgan fingerprint density at radius 3 is 2.33 bits per heavy atom. The lowest BCUT2D eigenvalue weighted by atomic mass is 9.78. The molecule has 15 heavy (non-hydrogen) atoms. The molecule has 0 aromatic carbocycles. The molecule has 1 rings (SSSR count). The maximum Gasteiger partial charge on any atom is 0.324 e. The van der Waals surface area contributed by atoms with Gasteiger partial charge in [0.05, 0.1) is 13.0 Å². The molecule has 84 valence electrons. The van der Waals surface area contributed by atoms with E-state index >= 15 is 0 Å². The number of carboxylic acid groups (broad SMARTS) is 2. The van der Waals surface area contributed by atoms with Crippen molar-refractivity contribution in [1.82, 2.24) is 0 Å². The van der Waals surface area contributed by atoms with Crippen molar-refractivity contribution in [2.45, 2.75) is 19.3 Å². The third-order valence-electron chi connectivity index (χ3n) is 2.89. The molecule has 1 aliphatic rings. The van der Waals surface area contributed by atoms with E-state index in [2.05, 4.69) is 4.74 Å². The van der Waals surface area contributed by atoms with Crippen LogP contribution in [0.15, 0.2) is 0 Å². The van der Waals surface area contributed by atoms with Crippen molar-refractivity contribution in [3.05, 3.63) is 0 Å². The van der Waals surface area contributed by atoms with Gasteiger partial charge in [-0.05, 0) is 12.8 Å². The van der Waals surface area contributed by atoms with Gasteiger partial charge in [0.2, 0.25) is 0 Å². The van der Waals surface area contributed by atoms with Crippen molar-refractivity contribution >= 4 is 17.9 Å². The molecule has 0 heterocycles. The van der Waals surface area contributed by atoms with Gasteiger partial charge in [-0.3, -0.25) is 14.4 Å². The summed E-state index contributed by atoms with van der Waals surface area (Å²) in [6, 6.07) is 0. The van der Waals surface area contributed by atoms with Crippen LogP contribution >= 0.6 is 0 Å². The predicted octanol–water partition coefficient (Wildman–Crippen LogP) is 0.115. The zero-order chi connectivity index (χ0) is 11.6. The molecule has 0 saturated heterocycles. The molecule has 1 fully saturated rings. The molecule has 0 aliphatic heterocycles. The van der Waals surface area contributed by atoms with Gasteiger partial charge in [-0.25, -0.2) is 0 Å². The van der Waals surface area contributed by atoms with E-state index in [1.54, 1.807) is 0 Å².